The number of carbonyl (C=O) groups is 2. The van der Waals surface area contributed by atoms with Gasteiger partial charge in [-0.25, -0.2) is 13.6 Å². The summed E-state index contributed by atoms with van der Waals surface area (Å²) in [5, 5.41) is 2.95. The van der Waals surface area contributed by atoms with Crippen molar-refractivity contribution in [1.82, 2.24) is 15.1 Å². The van der Waals surface area contributed by atoms with Gasteiger partial charge in [0.25, 0.3) is 5.91 Å². The number of hydrogen-bond donors (Lipinski definition) is 1. The van der Waals surface area contributed by atoms with Crippen molar-refractivity contribution in [2.45, 2.75) is 25.4 Å². The van der Waals surface area contributed by atoms with E-state index in [9.17, 15) is 18.4 Å². The minimum atomic E-state index is -0.526. The zero-order valence-electron chi connectivity index (χ0n) is 15.7. The number of urea groups is 1. The fourth-order valence-electron chi connectivity index (χ4n) is 3.30. The Hall–Kier alpha value is -2.96. The molecule has 3 amide bonds. The molecule has 1 fully saturated rings. The predicted molar refractivity (Wildman–Crippen MR) is 102 cm³/mol. The SMILES string of the molecule is CN(Cc1cccc(F)c1)C(=O)NC1CCN(C(=O)c2ccccc2F)CC1. The monoisotopic (exact) mass is 387 g/mol. The van der Waals surface area contributed by atoms with Gasteiger partial charge in [-0.05, 0) is 42.7 Å². The quantitative estimate of drug-likeness (QED) is 0.874. The van der Waals surface area contributed by atoms with E-state index in [-0.39, 0.29) is 29.4 Å². The minimum Gasteiger partial charge on any atom is -0.338 e. The molecule has 1 aliphatic rings. The number of likely N-dealkylation sites (tertiary alicyclic amines) is 1. The molecule has 0 aromatic heterocycles. The van der Waals surface area contributed by atoms with Crippen LogP contribution in [0.15, 0.2) is 48.5 Å². The van der Waals surface area contributed by atoms with E-state index in [2.05, 4.69) is 5.32 Å². The van der Waals surface area contributed by atoms with Crippen LogP contribution in [0.2, 0.25) is 0 Å². The number of rotatable bonds is 4. The predicted octanol–water partition coefficient (Wildman–Crippen LogP) is 3.41. The summed E-state index contributed by atoms with van der Waals surface area (Å²) < 4.78 is 27.1. The van der Waals surface area contributed by atoms with Crippen molar-refractivity contribution in [3.63, 3.8) is 0 Å². The molecule has 1 N–H and O–H groups in total. The van der Waals surface area contributed by atoms with Crippen LogP contribution in [-0.4, -0.2) is 47.9 Å². The van der Waals surface area contributed by atoms with Crippen molar-refractivity contribution in [2.75, 3.05) is 20.1 Å². The molecule has 0 aliphatic carbocycles. The topological polar surface area (TPSA) is 52.7 Å². The Bertz CT molecular complexity index is 851. The van der Waals surface area contributed by atoms with Crippen LogP contribution in [0.3, 0.4) is 0 Å². The van der Waals surface area contributed by atoms with Gasteiger partial charge in [0.15, 0.2) is 0 Å². The zero-order valence-corrected chi connectivity index (χ0v) is 15.7. The van der Waals surface area contributed by atoms with E-state index in [4.69, 9.17) is 0 Å². The van der Waals surface area contributed by atoms with Gasteiger partial charge in [-0.15, -0.1) is 0 Å². The summed E-state index contributed by atoms with van der Waals surface area (Å²) in [5.41, 5.74) is 0.780. The van der Waals surface area contributed by atoms with Crippen LogP contribution in [-0.2, 0) is 6.54 Å². The Morgan fingerprint density at radius 1 is 1.11 bits per heavy atom. The van der Waals surface area contributed by atoms with E-state index in [0.717, 1.165) is 0 Å². The van der Waals surface area contributed by atoms with Crippen molar-refractivity contribution >= 4 is 11.9 Å². The maximum atomic E-state index is 13.8. The summed E-state index contributed by atoms with van der Waals surface area (Å²) in [5.74, 6) is -1.19. The lowest BCUT2D eigenvalue weighted by molar-refractivity contribution is 0.0702. The third-order valence-corrected chi connectivity index (χ3v) is 4.87. The number of piperidine rings is 1. The number of carbonyl (C=O) groups excluding carboxylic acids is 2. The van der Waals surface area contributed by atoms with Gasteiger partial charge in [-0.2, -0.15) is 0 Å². The van der Waals surface area contributed by atoms with Crippen molar-refractivity contribution < 1.29 is 18.4 Å². The van der Waals surface area contributed by atoms with E-state index in [1.165, 1.54) is 29.2 Å². The first-order chi connectivity index (χ1) is 13.4. The highest BCUT2D eigenvalue weighted by atomic mass is 19.1. The van der Waals surface area contributed by atoms with Crippen molar-refractivity contribution in [3.8, 4) is 0 Å². The Morgan fingerprint density at radius 3 is 2.50 bits per heavy atom. The molecular formula is C21H23F2N3O2. The van der Waals surface area contributed by atoms with Gasteiger partial charge >= 0.3 is 6.03 Å². The summed E-state index contributed by atoms with van der Waals surface area (Å²) in [4.78, 5) is 27.9. The zero-order chi connectivity index (χ0) is 20.1. The van der Waals surface area contributed by atoms with Gasteiger partial charge in [0.05, 0.1) is 5.56 Å². The van der Waals surface area contributed by atoms with Gasteiger partial charge in [-0.1, -0.05) is 24.3 Å². The molecule has 2 aromatic carbocycles. The molecule has 1 aliphatic heterocycles. The van der Waals surface area contributed by atoms with Gasteiger partial charge in [0.2, 0.25) is 0 Å². The van der Waals surface area contributed by atoms with Gasteiger partial charge in [-0.3, -0.25) is 4.79 Å². The average molecular weight is 387 g/mol. The Kier molecular flexibility index (Phi) is 6.23. The summed E-state index contributed by atoms with van der Waals surface area (Å²) in [6, 6.07) is 11.8. The molecule has 2 aromatic rings. The highest BCUT2D eigenvalue weighted by Gasteiger charge is 2.26. The van der Waals surface area contributed by atoms with E-state index >= 15 is 0 Å². The van der Waals surface area contributed by atoms with Crippen molar-refractivity contribution in [3.05, 3.63) is 71.3 Å². The second kappa shape index (κ2) is 8.82. The number of nitrogens with zero attached hydrogens (tertiary/aromatic N) is 2. The number of nitrogens with one attached hydrogen (secondary N) is 1. The highest BCUT2D eigenvalue weighted by molar-refractivity contribution is 5.94. The summed E-state index contributed by atoms with van der Waals surface area (Å²) in [6.45, 7) is 1.20. The Labute approximate surface area is 162 Å². The maximum absolute atomic E-state index is 13.8. The normalized spacial score (nSPS) is 14.6. The number of amides is 3. The molecule has 1 heterocycles. The van der Waals surface area contributed by atoms with E-state index in [0.29, 0.717) is 38.0 Å². The third-order valence-electron chi connectivity index (χ3n) is 4.87. The van der Waals surface area contributed by atoms with Gasteiger partial charge < -0.3 is 15.1 Å². The van der Waals surface area contributed by atoms with E-state index in [1.54, 1.807) is 36.2 Å². The molecule has 7 heteroatoms. The minimum absolute atomic E-state index is 0.0628. The molecule has 148 valence electrons. The lowest BCUT2D eigenvalue weighted by Gasteiger charge is -2.33. The molecule has 5 nitrogen and oxygen atoms in total. The molecule has 0 bridgehead atoms. The third kappa shape index (κ3) is 4.85. The maximum Gasteiger partial charge on any atom is 0.317 e. The van der Waals surface area contributed by atoms with Crippen LogP contribution in [0.25, 0.3) is 0 Å². The molecule has 28 heavy (non-hydrogen) atoms. The van der Waals surface area contributed by atoms with E-state index in [1.807, 2.05) is 0 Å². The number of benzene rings is 2. The highest BCUT2D eigenvalue weighted by Crippen LogP contribution is 2.16. The molecule has 0 radical (unpaired) electrons. The number of halogens is 2. The van der Waals surface area contributed by atoms with Crippen LogP contribution in [0, 0.1) is 11.6 Å². The summed E-state index contributed by atoms with van der Waals surface area (Å²) in [7, 11) is 1.65. The Morgan fingerprint density at radius 2 is 1.82 bits per heavy atom. The van der Waals surface area contributed by atoms with Crippen LogP contribution in [0.1, 0.15) is 28.8 Å². The first kappa shape index (κ1) is 19.8. The van der Waals surface area contributed by atoms with Crippen LogP contribution in [0.4, 0.5) is 13.6 Å². The molecule has 0 saturated carbocycles. The first-order valence-corrected chi connectivity index (χ1v) is 9.24. The summed E-state index contributed by atoms with van der Waals surface area (Å²) in [6.07, 6.45) is 1.19. The molecule has 0 spiro atoms. The molecular weight excluding hydrogens is 364 g/mol. The Balaban J connectivity index is 1.49. The lowest BCUT2D eigenvalue weighted by Crippen LogP contribution is -2.49. The molecule has 3 rings (SSSR count). The van der Waals surface area contributed by atoms with Crippen LogP contribution >= 0.6 is 0 Å². The first-order valence-electron chi connectivity index (χ1n) is 9.24. The second-order valence-electron chi connectivity index (χ2n) is 6.98. The smallest absolute Gasteiger partial charge is 0.317 e. The molecule has 0 atom stereocenters. The fourth-order valence-corrected chi connectivity index (χ4v) is 3.30. The number of hydrogen-bond acceptors (Lipinski definition) is 2. The molecule has 1 saturated heterocycles. The van der Waals surface area contributed by atoms with E-state index < -0.39 is 5.82 Å². The van der Waals surface area contributed by atoms with Crippen LogP contribution in [0.5, 0.6) is 0 Å². The lowest BCUT2D eigenvalue weighted by atomic mass is 10.0. The second-order valence-corrected chi connectivity index (χ2v) is 6.98. The van der Waals surface area contributed by atoms with Crippen molar-refractivity contribution in [2.24, 2.45) is 0 Å². The largest absolute Gasteiger partial charge is 0.338 e. The van der Waals surface area contributed by atoms with Crippen LogP contribution < -0.4 is 5.32 Å². The van der Waals surface area contributed by atoms with Crippen molar-refractivity contribution in [1.29, 1.82) is 0 Å². The fraction of sp³-hybridized carbons (Fsp3) is 0.333. The van der Waals surface area contributed by atoms with Gasteiger partial charge in [0.1, 0.15) is 11.6 Å². The molecule has 0 unspecified atom stereocenters. The standard InChI is InChI=1S/C21H23F2N3O2/c1-25(14-15-5-4-6-16(22)13-15)21(28)24-17-9-11-26(12-10-17)20(27)18-7-2-3-8-19(18)23/h2-8,13,17H,9-12,14H2,1H3,(H,24,28). The average Bonchev–Trinajstić information content (AvgIpc) is 2.68. The van der Waals surface area contributed by atoms with Gasteiger partial charge in [0, 0.05) is 32.7 Å². The summed E-state index contributed by atoms with van der Waals surface area (Å²) >= 11 is 0.